The van der Waals surface area contributed by atoms with Crippen LogP contribution in [-0.2, 0) is 0 Å². The Labute approximate surface area is 180 Å². The van der Waals surface area contributed by atoms with E-state index < -0.39 is 16.6 Å². The van der Waals surface area contributed by atoms with Crippen LogP contribution in [0.4, 0.5) is 11.4 Å². The van der Waals surface area contributed by atoms with E-state index in [1.807, 2.05) is 0 Å². The van der Waals surface area contributed by atoms with Crippen molar-refractivity contribution in [2.45, 2.75) is 77.8 Å². The minimum atomic E-state index is -1.81. The van der Waals surface area contributed by atoms with Gasteiger partial charge in [0.25, 0.3) is 0 Å². The molecule has 0 bridgehead atoms. The Morgan fingerprint density at radius 1 is 0.552 bits per heavy atom. The predicted molar refractivity (Wildman–Crippen MR) is 132 cm³/mol. The normalized spacial score (nSPS) is 13.2. The van der Waals surface area contributed by atoms with Crippen LogP contribution in [0.1, 0.15) is 41.5 Å². The minimum absolute atomic E-state index is 0.193. The number of benzene rings is 2. The third kappa shape index (κ3) is 6.13. The lowest BCUT2D eigenvalue weighted by Gasteiger charge is -2.36. The molecule has 0 radical (unpaired) electrons. The van der Waals surface area contributed by atoms with Crippen LogP contribution in [0.25, 0.3) is 0 Å². The van der Waals surface area contributed by atoms with E-state index in [9.17, 15) is 0 Å². The van der Waals surface area contributed by atoms with Gasteiger partial charge in [0.2, 0.25) is 16.6 Å². The van der Waals surface area contributed by atoms with Crippen molar-refractivity contribution >= 4 is 28.0 Å². The topological polar surface area (TPSA) is 30.5 Å². The summed E-state index contributed by atoms with van der Waals surface area (Å²) in [7, 11) is -3.62. The first-order chi connectivity index (χ1) is 13.1. The Hall–Kier alpha value is -1.73. The van der Waals surface area contributed by atoms with Gasteiger partial charge in [-0.15, -0.1) is 0 Å². The predicted octanol–water partition coefficient (Wildman–Crippen LogP) is 8.20. The molecule has 0 atom stereocenters. The summed E-state index contributed by atoms with van der Waals surface area (Å²) in [4.78, 5) is 0. The monoisotopic (exact) mass is 429 g/mol. The summed E-state index contributed by atoms with van der Waals surface area (Å²) in [5.74, 6) is 1.89. The summed E-state index contributed by atoms with van der Waals surface area (Å²) in [5, 5.41) is 3.84. The summed E-state index contributed by atoms with van der Waals surface area (Å²) in [6, 6.07) is 16.5. The second-order valence-electron chi connectivity index (χ2n) is 10.9. The minimum Gasteiger partial charge on any atom is -0.544 e. The zero-order valence-corrected chi connectivity index (χ0v) is 21.9. The van der Waals surface area contributed by atoms with Crippen LogP contribution < -0.4 is 14.2 Å². The molecule has 2 rings (SSSR count). The lowest BCUT2D eigenvalue weighted by molar-refractivity contribution is 0.492. The summed E-state index contributed by atoms with van der Waals surface area (Å²) in [5.41, 5.74) is 2.09. The largest absolute Gasteiger partial charge is 0.544 e. The van der Waals surface area contributed by atoms with Crippen molar-refractivity contribution in [3.63, 3.8) is 0 Å². The van der Waals surface area contributed by atoms with E-state index in [2.05, 4.69) is 122 Å². The molecule has 0 saturated heterocycles. The van der Waals surface area contributed by atoms with Crippen molar-refractivity contribution in [2.24, 2.45) is 0 Å². The van der Waals surface area contributed by atoms with Gasteiger partial charge in [0, 0.05) is 11.4 Å². The average molecular weight is 430 g/mol. The van der Waals surface area contributed by atoms with Gasteiger partial charge in [-0.05, 0) is 84.8 Å². The number of nitrogens with one attached hydrogen (secondary N) is 1. The summed E-state index contributed by atoms with van der Waals surface area (Å²) >= 11 is 0. The zero-order valence-electron chi connectivity index (χ0n) is 19.9. The molecule has 2 aromatic rings. The second-order valence-corrected chi connectivity index (χ2v) is 20.3. The molecule has 5 heteroatoms. The van der Waals surface area contributed by atoms with Crippen LogP contribution in [0.3, 0.4) is 0 Å². The second kappa shape index (κ2) is 8.19. The van der Waals surface area contributed by atoms with Crippen LogP contribution in [0.15, 0.2) is 48.5 Å². The molecule has 0 aromatic heterocycles. The van der Waals surface area contributed by atoms with E-state index in [0.717, 1.165) is 22.9 Å². The zero-order chi connectivity index (χ0) is 22.1. The molecular formula is C24H39NO2Si2. The molecule has 3 nitrogen and oxygen atoms in total. The van der Waals surface area contributed by atoms with E-state index in [1.54, 1.807) is 0 Å². The molecule has 0 aliphatic heterocycles. The van der Waals surface area contributed by atoms with Gasteiger partial charge in [0.15, 0.2) is 0 Å². The Morgan fingerprint density at radius 2 is 0.828 bits per heavy atom. The fraction of sp³-hybridized carbons (Fsp3) is 0.500. The van der Waals surface area contributed by atoms with Crippen LogP contribution in [0.5, 0.6) is 11.5 Å². The maximum atomic E-state index is 6.36. The van der Waals surface area contributed by atoms with Crippen LogP contribution in [0.2, 0.25) is 36.3 Å². The highest BCUT2D eigenvalue weighted by atomic mass is 28.4. The first kappa shape index (κ1) is 23.6. The van der Waals surface area contributed by atoms with Gasteiger partial charge in [0.1, 0.15) is 11.5 Å². The molecular weight excluding hydrogens is 390 g/mol. The van der Waals surface area contributed by atoms with Gasteiger partial charge in [-0.2, -0.15) is 0 Å². The van der Waals surface area contributed by atoms with Gasteiger partial charge in [-0.1, -0.05) is 41.5 Å². The number of hydrogen-bond donors (Lipinski definition) is 1. The Morgan fingerprint density at radius 3 is 1.07 bits per heavy atom. The molecule has 0 aliphatic rings. The highest BCUT2D eigenvalue weighted by Gasteiger charge is 2.39. The van der Waals surface area contributed by atoms with Crippen molar-refractivity contribution in [1.29, 1.82) is 0 Å². The van der Waals surface area contributed by atoms with Crippen LogP contribution in [0, 0.1) is 0 Å². The fourth-order valence-electron chi connectivity index (χ4n) is 2.27. The molecule has 160 valence electrons. The van der Waals surface area contributed by atoms with Gasteiger partial charge < -0.3 is 14.2 Å². The van der Waals surface area contributed by atoms with Crippen molar-refractivity contribution < 1.29 is 8.85 Å². The highest BCUT2D eigenvalue weighted by Crippen LogP contribution is 2.38. The van der Waals surface area contributed by atoms with E-state index in [1.165, 1.54) is 0 Å². The quantitative estimate of drug-likeness (QED) is 0.469. The number of anilines is 2. The summed E-state index contributed by atoms with van der Waals surface area (Å²) in [6.07, 6.45) is 0. The molecule has 2 aromatic carbocycles. The Kier molecular flexibility index (Phi) is 6.65. The molecule has 0 fully saturated rings. The van der Waals surface area contributed by atoms with Crippen molar-refractivity contribution in [3.8, 4) is 11.5 Å². The molecule has 0 heterocycles. The highest BCUT2D eigenvalue weighted by molar-refractivity contribution is 6.75. The smallest absolute Gasteiger partial charge is 0.250 e. The van der Waals surface area contributed by atoms with E-state index in [0.29, 0.717) is 0 Å². The standard InChI is InChI=1S/C24H39NO2Si2/c1-23(2,3)28(7,8)26-21-15-11-19(12-16-21)25-20-13-17-22(18-14-20)27-29(9,10)24(4,5)6/h11-18,25H,1-10H3. The Balaban J connectivity index is 2.02. The number of rotatable bonds is 6. The number of hydrogen-bond acceptors (Lipinski definition) is 3. The van der Waals surface area contributed by atoms with Gasteiger partial charge in [-0.3, -0.25) is 0 Å². The van der Waals surface area contributed by atoms with Gasteiger partial charge >= 0.3 is 0 Å². The maximum Gasteiger partial charge on any atom is 0.250 e. The molecule has 0 unspecified atom stereocenters. The van der Waals surface area contributed by atoms with E-state index in [4.69, 9.17) is 8.85 Å². The Bertz CT molecular complexity index is 729. The van der Waals surface area contributed by atoms with E-state index in [-0.39, 0.29) is 10.1 Å². The molecule has 0 amide bonds. The first-order valence-corrected chi connectivity index (χ1v) is 16.3. The summed E-state index contributed by atoms with van der Waals surface area (Å²) in [6.45, 7) is 22.6. The first-order valence-electron chi connectivity index (χ1n) is 10.5. The van der Waals surface area contributed by atoms with E-state index >= 15 is 0 Å². The molecule has 0 aliphatic carbocycles. The maximum absolute atomic E-state index is 6.36. The van der Waals surface area contributed by atoms with Crippen molar-refractivity contribution in [1.82, 2.24) is 0 Å². The summed E-state index contributed by atoms with van der Waals surface area (Å²) < 4.78 is 12.7. The average Bonchev–Trinajstić information content (AvgIpc) is 2.56. The SMILES string of the molecule is CC(C)(C)[Si](C)(C)Oc1ccc(Nc2ccc(O[Si](C)(C)C(C)(C)C)cc2)cc1. The lowest BCUT2D eigenvalue weighted by atomic mass is 10.2. The van der Waals surface area contributed by atoms with Crippen LogP contribution in [-0.4, -0.2) is 16.6 Å². The molecule has 0 spiro atoms. The third-order valence-electron chi connectivity index (χ3n) is 6.36. The molecule has 29 heavy (non-hydrogen) atoms. The van der Waals surface area contributed by atoms with Gasteiger partial charge in [0.05, 0.1) is 0 Å². The van der Waals surface area contributed by atoms with Crippen molar-refractivity contribution in [3.05, 3.63) is 48.5 Å². The lowest BCUT2D eigenvalue weighted by Crippen LogP contribution is -2.43. The van der Waals surface area contributed by atoms with Gasteiger partial charge in [-0.25, -0.2) is 0 Å². The molecule has 0 saturated carbocycles. The van der Waals surface area contributed by atoms with Crippen LogP contribution >= 0.6 is 0 Å². The molecule has 1 N–H and O–H groups in total. The fourth-order valence-corrected chi connectivity index (χ4v) is 4.34. The third-order valence-corrected chi connectivity index (χ3v) is 15.1. The van der Waals surface area contributed by atoms with Crippen molar-refractivity contribution in [2.75, 3.05) is 5.32 Å².